The van der Waals surface area contributed by atoms with Crippen molar-refractivity contribution in [3.63, 3.8) is 0 Å². The van der Waals surface area contributed by atoms with E-state index in [-0.39, 0.29) is 12.4 Å². The van der Waals surface area contributed by atoms with E-state index >= 15 is 0 Å². The normalized spacial score (nSPS) is 10.3. The number of rotatable bonds is 3. The average molecular weight is 350 g/mol. The zero-order valence-corrected chi connectivity index (χ0v) is 14.4. The molecule has 0 radical (unpaired) electrons. The van der Waals surface area contributed by atoms with Crippen LogP contribution in [0, 0.1) is 6.92 Å². The summed E-state index contributed by atoms with van der Waals surface area (Å²) in [7, 11) is 0. The lowest BCUT2D eigenvalue weighted by Gasteiger charge is -2.09. The summed E-state index contributed by atoms with van der Waals surface area (Å²) in [5.74, 6) is 1.55. The molecule has 1 N–H and O–H groups in total. The molecule has 4 aromatic rings. The molecule has 2 aromatic carbocycles. The maximum atomic E-state index is 4.48. The minimum atomic E-state index is 0. The van der Waals surface area contributed by atoms with E-state index in [0.29, 0.717) is 0 Å². The molecule has 0 saturated carbocycles. The van der Waals surface area contributed by atoms with Crippen LogP contribution < -0.4 is 5.32 Å². The Labute approximate surface area is 151 Å². The van der Waals surface area contributed by atoms with Crippen molar-refractivity contribution < 1.29 is 0 Å². The minimum absolute atomic E-state index is 0. The van der Waals surface area contributed by atoms with Gasteiger partial charge in [0.1, 0.15) is 18.0 Å². The molecule has 0 unspecified atom stereocenters. The van der Waals surface area contributed by atoms with E-state index in [0.717, 1.165) is 39.5 Å². The highest BCUT2D eigenvalue weighted by atomic mass is 35.5. The maximum Gasteiger partial charge on any atom is 0.141 e. The van der Waals surface area contributed by atoms with Gasteiger partial charge in [0.05, 0.1) is 11.2 Å². The SMILES string of the molecule is Cc1nccc(-c2cccc(Nc3ncnc4ccccc34)c2)n1.Cl. The van der Waals surface area contributed by atoms with Gasteiger partial charge in [-0.05, 0) is 37.3 Å². The smallest absolute Gasteiger partial charge is 0.141 e. The van der Waals surface area contributed by atoms with Gasteiger partial charge in [-0.3, -0.25) is 0 Å². The van der Waals surface area contributed by atoms with Crippen LogP contribution in [0.25, 0.3) is 22.2 Å². The van der Waals surface area contributed by atoms with Gasteiger partial charge in [0, 0.05) is 22.8 Å². The van der Waals surface area contributed by atoms with Crippen LogP contribution in [-0.2, 0) is 0 Å². The van der Waals surface area contributed by atoms with Gasteiger partial charge in [0.2, 0.25) is 0 Å². The number of nitrogens with one attached hydrogen (secondary N) is 1. The summed E-state index contributed by atoms with van der Waals surface area (Å²) < 4.78 is 0. The maximum absolute atomic E-state index is 4.48. The Morgan fingerprint density at radius 2 is 1.76 bits per heavy atom. The minimum Gasteiger partial charge on any atom is -0.340 e. The Hall–Kier alpha value is -3.05. The first-order valence-electron chi connectivity index (χ1n) is 7.66. The molecule has 0 atom stereocenters. The molecule has 0 saturated heterocycles. The van der Waals surface area contributed by atoms with Crippen molar-refractivity contribution in [1.29, 1.82) is 0 Å². The lowest BCUT2D eigenvalue weighted by molar-refractivity contribution is 1.06. The predicted molar refractivity (Wildman–Crippen MR) is 102 cm³/mol. The number of aromatic nitrogens is 4. The van der Waals surface area contributed by atoms with Crippen LogP contribution in [0.1, 0.15) is 5.82 Å². The second kappa shape index (κ2) is 7.23. The van der Waals surface area contributed by atoms with Crippen LogP contribution in [-0.4, -0.2) is 19.9 Å². The standard InChI is InChI=1S/C19H15N5.ClH/c1-13-20-10-9-17(23-13)14-5-4-6-15(11-14)24-19-16-7-2-3-8-18(16)21-12-22-19;/h2-12H,1H3,(H,21,22,24);1H. The predicted octanol–water partition coefficient (Wildman–Crippen LogP) is 4.56. The molecule has 0 aliphatic heterocycles. The number of hydrogen-bond acceptors (Lipinski definition) is 5. The van der Waals surface area contributed by atoms with Crippen molar-refractivity contribution in [3.05, 3.63) is 72.9 Å². The van der Waals surface area contributed by atoms with Gasteiger partial charge in [0.25, 0.3) is 0 Å². The van der Waals surface area contributed by atoms with Gasteiger partial charge in [-0.25, -0.2) is 19.9 Å². The zero-order chi connectivity index (χ0) is 16.4. The highest BCUT2D eigenvalue weighted by molar-refractivity contribution is 5.90. The molecule has 6 heteroatoms. The van der Waals surface area contributed by atoms with E-state index in [1.165, 1.54) is 0 Å². The topological polar surface area (TPSA) is 63.6 Å². The van der Waals surface area contributed by atoms with Crippen LogP contribution in [0.3, 0.4) is 0 Å². The molecular weight excluding hydrogens is 334 g/mol. The molecule has 0 amide bonds. The van der Waals surface area contributed by atoms with Crippen LogP contribution in [0.15, 0.2) is 67.1 Å². The molecule has 2 aromatic heterocycles. The fourth-order valence-corrected chi connectivity index (χ4v) is 2.61. The van der Waals surface area contributed by atoms with Crippen molar-refractivity contribution in [3.8, 4) is 11.3 Å². The summed E-state index contributed by atoms with van der Waals surface area (Å²) in [4.78, 5) is 17.3. The van der Waals surface area contributed by atoms with E-state index in [1.807, 2.05) is 55.5 Å². The lowest BCUT2D eigenvalue weighted by Crippen LogP contribution is -1.96. The van der Waals surface area contributed by atoms with Gasteiger partial charge in [-0.2, -0.15) is 0 Å². The first kappa shape index (κ1) is 16.8. The van der Waals surface area contributed by atoms with Gasteiger partial charge < -0.3 is 5.32 Å². The summed E-state index contributed by atoms with van der Waals surface area (Å²) in [5.41, 5.74) is 3.80. The lowest BCUT2D eigenvalue weighted by atomic mass is 10.1. The van der Waals surface area contributed by atoms with E-state index in [9.17, 15) is 0 Å². The molecule has 0 aliphatic rings. The van der Waals surface area contributed by atoms with E-state index < -0.39 is 0 Å². The molecule has 25 heavy (non-hydrogen) atoms. The summed E-state index contributed by atoms with van der Waals surface area (Å²) in [6, 6.07) is 17.9. The monoisotopic (exact) mass is 349 g/mol. The number of anilines is 2. The Morgan fingerprint density at radius 3 is 2.64 bits per heavy atom. The summed E-state index contributed by atoms with van der Waals surface area (Å²) in [6.45, 7) is 1.89. The van der Waals surface area contributed by atoms with Crippen molar-refractivity contribution in [2.75, 3.05) is 5.32 Å². The summed E-state index contributed by atoms with van der Waals surface area (Å²) in [5, 5.41) is 4.37. The number of nitrogens with zero attached hydrogens (tertiary/aromatic N) is 4. The Morgan fingerprint density at radius 1 is 0.880 bits per heavy atom. The first-order chi connectivity index (χ1) is 11.8. The summed E-state index contributed by atoms with van der Waals surface area (Å²) >= 11 is 0. The van der Waals surface area contributed by atoms with Crippen LogP contribution in [0.2, 0.25) is 0 Å². The number of para-hydroxylation sites is 1. The van der Waals surface area contributed by atoms with E-state index in [1.54, 1.807) is 12.5 Å². The number of aryl methyl sites for hydroxylation is 1. The van der Waals surface area contributed by atoms with Crippen molar-refractivity contribution >= 4 is 34.8 Å². The third-order valence-electron chi connectivity index (χ3n) is 3.74. The van der Waals surface area contributed by atoms with Gasteiger partial charge >= 0.3 is 0 Å². The molecular formula is C19H16ClN5. The molecule has 0 aliphatic carbocycles. The molecule has 0 fully saturated rings. The molecule has 0 spiro atoms. The average Bonchev–Trinajstić information content (AvgIpc) is 2.62. The molecule has 124 valence electrons. The van der Waals surface area contributed by atoms with E-state index in [4.69, 9.17) is 0 Å². The first-order valence-corrected chi connectivity index (χ1v) is 7.66. The van der Waals surface area contributed by atoms with Crippen LogP contribution in [0.5, 0.6) is 0 Å². The van der Waals surface area contributed by atoms with Gasteiger partial charge in [-0.1, -0.05) is 24.3 Å². The summed E-state index contributed by atoms with van der Waals surface area (Å²) in [6.07, 6.45) is 3.35. The number of fused-ring (bicyclic) bond motifs is 1. The molecule has 5 nitrogen and oxygen atoms in total. The van der Waals surface area contributed by atoms with Crippen LogP contribution in [0.4, 0.5) is 11.5 Å². The second-order valence-corrected chi connectivity index (χ2v) is 5.43. The second-order valence-electron chi connectivity index (χ2n) is 5.43. The van der Waals surface area contributed by atoms with Crippen LogP contribution >= 0.6 is 12.4 Å². The Balaban J connectivity index is 0.00000182. The van der Waals surface area contributed by atoms with Crippen molar-refractivity contribution in [1.82, 2.24) is 19.9 Å². The third-order valence-corrected chi connectivity index (χ3v) is 3.74. The number of halogens is 1. The molecule has 0 bridgehead atoms. The quantitative estimate of drug-likeness (QED) is 0.587. The number of hydrogen-bond donors (Lipinski definition) is 1. The Kier molecular flexibility index (Phi) is 4.86. The fourth-order valence-electron chi connectivity index (χ4n) is 2.61. The highest BCUT2D eigenvalue weighted by Crippen LogP contribution is 2.25. The van der Waals surface area contributed by atoms with E-state index in [2.05, 4.69) is 31.3 Å². The molecule has 2 heterocycles. The number of benzene rings is 2. The van der Waals surface area contributed by atoms with Gasteiger partial charge in [-0.15, -0.1) is 12.4 Å². The zero-order valence-electron chi connectivity index (χ0n) is 13.5. The fraction of sp³-hybridized carbons (Fsp3) is 0.0526. The molecule has 4 rings (SSSR count). The largest absolute Gasteiger partial charge is 0.340 e. The van der Waals surface area contributed by atoms with Crippen molar-refractivity contribution in [2.45, 2.75) is 6.92 Å². The van der Waals surface area contributed by atoms with Gasteiger partial charge in [0.15, 0.2) is 0 Å². The highest BCUT2D eigenvalue weighted by Gasteiger charge is 2.05. The van der Waals surface area contributed by atoms with Crippen molar-refractivity contribution in [2.24, 2.45) is 0 Å². The third kappa shape index (κ3) is 3.56. The Bertz CT molecular complexity index is 1010.